The van der Waals surface area contributed by atoms with E-state index in [2.05, 4.69) is 5.32 Å². The second-order valence-corrected chi connectivity index (χ2v) is 7.41. The first-order chi connectivity index (χ1) is 14.0. The van der Waals surface area contributed by atoms with Crippen molar-refractivity contribution in [2.45, 2.75) is 39.0 Å². The maximum Gasteiger partial charge on any atom is 0.418 e. The fourth-order valence-electron chi connectivity index (χ4n) is 2.56. The zero-order valence-electron chi connectivity index (χ0n) is 16.8. The Bertz CT molecular complexity index is 834. The highest BCUT2D eigenvalue weighted by Gasteiger charge is 2.48. The van der Waals surface area contributed by atoms with Gasteiger partial charge in [-0.3, -0.25) is 4.79 Å². The Morgan fingerprint density at radius 2 is 1.80 bits per heavy atom. The topological polar surface area (TPSA) is 143 Å². The van der Waals surface area contributed by atoms with Crippen LogP contribution in [0.15, 0.2) is 30.3 Å². The van der Waals surface area contributed by atoms with Crippen LogP contribution in [0.2, 0.25) is 0 Å². The second-order valence-electron chi connectivity index (χ2n) is 7.41. The van der Waals surface area contributed by atoms with Gasteiger partial charge in [0.2, 0.25) is 0 Å². The van der Waals surface area contributed by atoms with Gasteiger partial charge in [-0.2, -0.15) is 0 Å². The van der Waals surface area contributed by atoms with Crippen molar-refractivity contribution < 1.29 is 38.6 Å². The zero-order chi connectivity index (χ0) is 22.5. The van der Waals surface area contributed by atoms with E-state index in [-0.39, 0.29) is 6.61 Å². The van der Waals surface area contributed by atoms with Crippen LogP contribution in [0.4, 0.5) is 14.4 Å². The van der Waals surface area contributed by atoms with Crippen molar-refractivity contribution in [2.75, 3.05) is 13.1 Å². The van der Waals surface area contributed by atoms with Gasteiger partial charge < -0.3 is 19.9 Å². The molecule has 2 N–H and O–H groups in total. The van der Waals surface area contributed by atoms with Crippen molar-refractivity contribution in [3.63, 3.8) is 0 Å². The molecule has 1 fully saturated rings. The lowest BCUT2D eigenvalue weighted by molar-refractivity contribution is -0.145. The number of hydrogen-bond donors (Lipinski definition) is 2. The standard InChI is InChI=1S/C19H23N3O8/c1-19(2,3)30-16(26)20-9-14(23)22-13(15(24)25)10-21(17(22)27)18(28)29-11-12-7-5-4-6-8-12/h4-8,13H,9-11H2,1-3H3,(H,20,26)(H,24,25). The highest BCUT2D eigenvalue weighted by atomic mass is 16.6. The lowest BCUT2D eigenvalue weighted by atomic mass is 10.2. The number of nitrogens with one attached hydrogen (secondary N) is 1. The molecule has 1 atom stereocenters. The van der Waals surface area contributed by atoms with Crippen LogP contribution in [0.5, 0.6) is 0 Å². The predicted molar refractivity (Wildman–Crippen MR) is 101 cm³/mol. The summed E-state index contributed by atoms with van der Waals surface area (Å²) in [6.45, 7) is 3.49. The number of nitrogens with zero attached hydrogens (tertiary/aromatic N) is 2. The number of carbonyl (C=O) groups is 5. The van der Waals surface area contributed by atoms with Crippen molar-refractivity contribution >= 4 is 30.1 Å². The van der Waals surface area contributed by atoms with Crippen LogP contribution in [-0.4, -0.2) is 69.7 Å². The molecule has 1 unspecified atom stereocenters. The lowest BCUT2D eigenvalue weighted by Crippen LogP contribution is -2.48. The molecule has 0 spiro atoms. The van der Waals surface area contributed by atoms with Crippen molar-refractivity contribution in [1.82, 2.24) is 15.1 Å². The number of amides is 5. The summed E-state index contributed by atoms with van der Waals surface area (Å²) in [5.41, 5.74) is -0.138. The molecule has 1 aliphatic heterocycles. The normalized spacial score (nSPS) is 16.2. The van der Waals surface area contributed by atoms with Gasteiger partial charge in [0.05, 0.1) is 6.54 Å². The summed E-state index contributed by atoms with van der Waals surface area (Å²) in [6.07, 6.45) is -1.99. The highest BCUT2D eigenvalue weighted by molar-refractivity contribution is 6.06. The van der Waals surface area contributed by atoms with Gasteiger partial charge in [-0.05, 0) is 26.3 Å². The third-order valence-corrected chi connectivity index (χ3v) is 3.87. The van der Waals surface area contributed by atoms with Gasteiger partial charge in [0, 0.05) is 0 Å². The maximum atomic E-state index is 12.5. The highest BCUT2D eigenvalue weighted by Crippen LogP contribution is 2.18. The molecule has 1 saturated heterocycles. The van der Waals surface area contributed by atoms with E-state index in [1.54, 1.807) is 51.1 Å². The van der Waals surface area contributed by atoms with Gasteiger partial charge in [-0.15, -0.1) is 0 Å². The van der Waals surface area contributed by atoms with Crippen molar-refractivity contribution in [3.8, 4) is 0 Å². The van der Waals surface area contributed by atoms with Crippen LogP contribution in [0.25, 0.3) is 0 Å². The number of alkyl carbamates (subject to hydrolysis) is 1. The number of carboxylic acids is 1. The molecule has 0 bridgehead atoms. The summed E-state index contributed by atoms with van der Waals surface area (Å²) in [7, 11) is 0. The summed E-state index contributed by atoms with van der Waals surface area (Å²) in [5, 5.41) is 11.5. The lowest BCUT2D eigenvalue weighted by Gasteiger charge is -2.21. The number of benzene rings is 1. The fraction of sp³-hybridized carbons (Fsp3) is 0.421. The average Bonchev–Trinajstić information content (AvgIpc) is 3.01. The smallest absolute Gasteiger partial charge is 0.418 e. The Balaban J connectivity index is 2.01. The molecule has 1 aromatic carbocycles. The fourth-order valence-corrected chi connectivity index (χ4v) is 2.56. The number of hydrogen-bond acceptors (Lipinski definition) is 7. The largest absolute Gasteiger partial charge is 0.480 e. The number of urea groups is 1. The van der Waals surface area contributed by atoms with Gasteiger partial charge in [0.15, 0.2) is 6.04 Å². The number of imide groups is 2. The first-order valence-corrected chi connectivity index (χ1v) is 9.03. The SMILES string of the molecule is CC(C)(C)OC(=O)NCC(=O)N1C(=O)N(C(=O)OCc2ccccc2)CC1C(=O)O. The van der Waals surface area contributed by atoms with E-state index in [1.165, 1.54) is 0 Å². The molecule has 0 saturated carbocycles. The minimum atomic E-state index is -1.60. The second kappa shape index (κ2) is 9.25. The summed E-state index contributed by atoms with van der Waals surface area (Å²) >= 11 is 0. The molecule has 162 valence electrons. The van der Waals surface area contributed by atoms with Crippen molar-refractivity contribution in [3.05, 3.63) is 35.9 Å². The maximum absolute atomic E-state index is 12.5. The van der Waals surface area contributed by atoms with E-state index in [0.717, 1.165) is 0 Å². The Hall–Kier alpha value is -3.63. The van der Waals surface area contributed by atoms with Crippen LogP contribution < -0.4 is 5.32 Å². The molecule has 5 amide bonds. The number of aliphatic carboxylic acids is 1. The van der Waals surface area contributed by atoms with Crippen LogP contribution >= 0.6 is 0 Å². The Morgan fingerprint density at radius 3 is 2.37 bits per heavy atom. The molecule has 1 aliphatic rings. The van der Waals surface area contributed by atoms with Gasteiger partial charge in [-0.25, -0.2) is 29.0 Å². The third-order valence-electron chi connectivity index (χ3n) is 3.87. The molecule has 1 aromatic rings. The van der Waals surface area contributed by atoms with E-state index in [9.17, 15) is 29.1 Å². The van der Waals surface area contributed by atoms with Crippen LogP contribution in [0.1, 0.15) is 26.3 Å². The zero-order valence-corrected chi connectivity index (χ0v) is 16.8. The van der Waals surface area contributed by atoms with Gasteiger partial charge in [-0.1, -0.05) is 30.3 Å². The molecule has 11 nitrogen and oxygen atoms in total. The summed E-state index contributed by atoms with van der Waals surface area (Å²) in [4.78, 5) is 61.3. The Kier molecular flexibility index (Phi) is 6.98. The van der Waals surface area contributed by atoms with E-state index in [4.69, 9.17) is 9.47 Å². The minimum Gasteiger partial charge on any atom is -0.480 e. The van der Waals surface area contributed by atoms with Gasteiger partial charge in [0.25, 0.3) is 5.91 Å². The number of carbonyl (C=O) groups excluding carboxylic acids is 4. The van der Waals surface area contributed by atoms with E-state index >= 15 is 0 Å². The Morgan fingerprint density at radius 1 is 1.17 bits per heavy atom. The van der Waals surface area contributed by atoms with E-state index < -0.39 is 54.8 Å². The molecule has 11 heteroatoms. The summed E-state index contributed by atoms with van der Waals surface area (Å²) in [6, 6.07) is 5.92. The Labute approximate surface area is 172 Å². The van der Waals surface area contributed by atoms with Gasteiger partial charge in [0.1, 0.15) is 18.8 Å². The molecule has 2 rings (SSSR count). The molecular formula is C19H23N3O8. The van der Waals surface area contributed by atoms with E-state index in [1.807, 2.05) is 0 Å². The first kappa shape index (κ1) is 22.7. The van der Waals surface area contributed by atoms with Crippen molar-refractivity contribution in [2.24, 2.45) is 0 Å². The van der Waals surface area contributed by atoms with Gasteiger partial charge >= 0.3 is 24.2 Å². The third kappa shape index (κ3) is 5.93. The number of rotatable bonds is 5. The first-order valence-electron chi connectivity index (χ1n) is 9.03. The number of carboxylic acid groups (broad SMARTS) is 1. The summed E-state index contributed by atoms with van der Waals surface area (Å²) < 4.78 is 10.0. The van der Waals surface area contributed by atoms with Crippen LogP contribution in [0, 0.1) is 0 Å². The average molecular weight is 421 g/mol. The molecule has 0 aromatic heterocycles. The molecule has 30 heavy (non-hydrogen) atoms. The number of ether oxygens (including phenoxy) is 2. The summed E-state index contributed by atoms with van der Waals surface area (Å²) in [5.74, 6) is -2.48. The van der Waals surface area contributed by atoms with Crippen LogP contribution in [-0.2, 0) is 25.7 Å². The van der Waals surface area contributed by atoms with Crippen LogP contribution in [0.3, 0.4) is 0 Å². The minimum absolute atomic E-state index is 0.130. The molecular weight excluding hydrogens is 398 g/mol. The van der Waals surface area contributed by atoms with Crippen molar-refractivity contribution in [1.29, 1.82) is 0 Å². The predicted octanol–water partition coefficient (Wildman–Crippen LogP) is 1.57. The monoisotopic (exact) mass is 421 g/mol. The van der Waals surface area contributed by atoms with E-state index in [0.29, 0.717) is 15.4 Å². The molecule has 0 radical (unpaired) electrons. The molecule has 1 heterocycles. The molecule has 0 aliphatic carbocycles. The quantitative estimate of drug-likeness (QED) is 0.729.